The van der Waals surface area contributed by atoms with Crippen molar-refractivity contribution in [3.63, 3.8) is 0 Å². The highest BCUT2D eigenvalue weighted by Crippen LogP contribution is 2.26. The molecule has 1 amide bonds. The number of ether oxygens (including phenoxy) is 1. The number of carbonyl (C=O) groups is 1. The van der Waals surface area contributed by atoms with Gasteiger partial charge < -0.3 is 14.5 Å². The number of amides is 1. The number of carbonyl (C=O) groups excluding carboxylic acids is 1. The second kappa shape index (κ2) is 11.3. The molecule has 1 saturated carbocycles. The number of nitrogens with zero attached hydrogens (tertiary/aromatic N) is 5. The average molecular weight is 474 g/mol. The number of hydrogen-bond acceptors (Lipinski definition) is 6. The average Bonchev–Trinajstić information content (AvgIpc) is 3.03. The molecular weight excluding hydrogens is 438 g/mol. The maximum absolute atomic E-state index is 12.8. The molecule has 0 spiro atoms. The van der Waals surface area contributed by atoms with Gasteiger partial charge in [-0.05, 0) is 37.3 Å². The minimum atomic E-state index is 0.113. The highest BCUT2D eigenvalue weighted by atomic mass is 35.5. The Bertz CT molecular complexity index is 891. The number of halogens is 1. The van der Waals surface area contributed by atoms with Crippen LogP contribution in [0.25, 0.3) is 0 Å². The van der Waals surface area contributed by atoms with Crippen LogP contribution in [0.15, 0.2) is 29.1 Å². The van der Waals surface area contributed by atoms with Gasteiger partial charge in [0.1, 0.15) is 5.76 Å². The van der Waals surface area contributed by atoms with Crippen molar-refractivity contribution in [2.24, 2.45) is 0 Å². The van der Waals surface area contributed by atoms with Crippen LogP contribution in [0.5, 0.6) is 0 Å². The van der Waals surface area contributed by atoms with Crippen LogP contribution < -0.4 is 4.90 Å². The van der Waals surface area contributed by atoms with Gasteiger partial charge in [0.25, 0.3) is 0 Å². The van der Waals surface area contributed by atoms with Gasteiger partial charge >= 0.3 is 0 Å². The summed E-state index contributed by atoms with van der Waals surface area (Å²) in [6.07, 6.45) is 12.3. The van der Waals surface area contributed by atoms with Gasteiger partial charge in [0, 0.05) is 64.3 Å². The first-order valence-electron chi connectivity index (χ1n) is 12.3. The summed E-state index contributed by atoms with van der Waals surface area (Å²) < 4.78 is 5.29. The normalized spacial score (nSPS) is 20.8. The predicted octanol–water partition coefficient (Wildman–Crippen LogP) is 3.53. The van der Waals surface area contributed by atoms with Crippen LogP contribution in [0, 0.1) is 0 Å². The molecule has 3 heterocycles. The second-order valence-corrected chi connectivity index (χ2v) is 9.52. The molecular formula is C25H36ClN5O2. The van der Waals surface area contributed by atoms with E-state index in [2.05, 4.69) is 14.8 Å². The lowest BCUT2D eigenvalue weighted by Crippen LogP contribution is -2.52. The first-order chi connectivity index (χ1) is 16.1. The quantitative estimate of drug-likeness (QED) is 0.446. The monoisotopic (exact) mass is 473 g/mol. The van der Waals surface area contributed by atoms with Crippen molar-refractivity contribution in [1.82, 2.24) is 19.8 Å². The van der Waals surface area contributed by atoms with E-state index in [1.165, 1.54) is 19.3 Å². The molecule has 0 radical (unpaired) electrons. The summed E-state index contributed by atoms with van der Waals surface area (Å²) in [6.45, 7) is 7.55. The number of methoxy groups -OCH3 is 1. The minimum absolute atomic E-state index is 0.113. The van der Waals surface area contributed by atoms with Crippen molar-refractivity contribution in [2.75, 3.05) is 51.3 Å². The Kier molecular flexibility index (Phi) is 8.25. The van der Waals surface area contributed by atoms with Gasteiger partial charge in [0.2, 0.25) is 11.9 Å². The Morgan fingerprint density at radius 3 is 2.61 bits per heavy atom. The molecule has 7 nitrogen and oxygen atoms in total. The van der Waals surface area contributed by atoms with Crippen LogP contribution in [0.4, 0.5) is 5.95 Å². The van der Waals surface area contributed by atoms with Crippen LogP contribution in [0.3, 0.4) is 0 Å². The van der Waals surface area contributed by atoms with Crippen molar-refractivity contribution in [3.05, 3.63) is 40.4 Å². The fraction of sp³-hybridized carbons (Fsp3) is 0.640. The number of fused-ring (bicyclic) bond motifs is 1. The molecule has 0 N–H and O–H groups in total. The van der Waals surface area contributed by atoms with Crippen molar-refractivity contribution >= 4 is 23.5 Å². The fourth-order valence-electron chi connectivity index (χ4n) is 4.74. The van der Waals surface area contributed by atoms with Crippen LogP contribution >= 0.6 is 11.6 Å². The summed E-state index contributed by atoms with van der Waals surface area (Å²) in [4.78, 5) is 29.3. The summed E-state index contributed by atoms with van der Waals surface area (Å²) in [7, 11) is 1.59. The minimum Gasteiger partial charge on any atom is -0.496 e. The summed E-state index contributed by atoms with van der Waals surface area (Å²) in [5.41, 5.74) is 2.25. The van der Waals surface area contributed by atoms with E-state index in [1.54, 1.807) is 13.2 Å². The van der Waals surface area contributed by atoms with Gasteiger partial charge in [-0.15, -0.1) is 0 Å². The van der Waals surface area contributed by atoms with Gasteiger partial charge in [0.15, 0.2) is 0 Å². The number of anilines is 1. The lowest BCUT2D eigenvalue weighted by Gasteiger charge is -2.43. The molecule has 1 aromatic rings. The first-order valence-corrected chi connectivity index (χ1v) is 12.7. The number of hydrogen-bond donors (Lipinski definition) is 0. The van der Waals surface area contributed by atoms with E-state index in [0.29, 0.717) is 36.7 Å². The Morgan fingerprint density at radius 2 is 1.94 bits per heavy atom. The number of allylic oxidation sites excluding steroid dienone is 2. The molecule has 2 aliphatic heterocycles. The second-order valence-electron chi connectivity index (χ2n) is 9.06. The smallest absolute Gasteiger partial charge is 0.226 e. The Labute approximate surface area is 202 Å². The van der Waals surface area contributed by atoms with Crippen molar-refractivity contribution < 1.29 is 9.53 Å². The largest absolute Gasteiger partial charge is 0.496 e. The third kappa shape index (κ3) is 5.87. The molecule has 8 heteroatoms. The van der Waals surface area contributed by atoms with E-state index < -0.39 is 0 Å². The number of aromatic nitrogens is 2. The maximum atomic E-state index is 12.8. The fourth-order valence-corrected chi connectivity index (χ4v) is 4.89. The van der Waals surface area contributed by atoms with Crippen LogP contribution in [-0.4, -0.2) is 78.1 Å². The molecule has 4 rings (SSSR count). The molecule has 3 aliphatic rings. The highest BCUT2D eigenvalue weighted by Gasteiger charge is 2.29. The summed E-state index contributed by atoms with van der Waals surface area (Å²) in [5, 5.41) is 0.658. The lowest BCUT2D eigenvalue weighted by atomic mass is 9.91. The van der Waals surface area contributed by atoms with Gasteiger partial charge in [0.05, 0.1) is 17.8 Å². The van der Waals surface area contributed by atoms with E-state index >= 15 is 0 Å². The zero-order valence-electron chi connectivity index (χ0n) is 19.9. The topological polar surface area (TPSA) is 61.8 Å². The van der Waals surface area contributed by atoms with Crippen molar-refractivity contribution in [2.45, 2.75) is 57.9 Å². The van der Waals surface area contributed by atoms with E-state index in [1.807, 2.05) is 24.1 Å². The molecule has 33 heavy (non-hydrogen) atoms. The van der Waals surface area contributed by atoms with Crippen molar-refractivity contribution in [3.8, 4) is 0 Å². The Balaban J connectivity index is 1.31. The summed E-state index contributed by atoms with van der Waals surface area (Å²) >= 11 is 6.16. The predicted molar refractivity (Wildman–Crippen MR) is 131 cm³/mol. The van der Waals surface area contributed by atoms with Gasteiger partial charge in [-0.25, -0.2) is 9.97 Å². The van der Waals surface area contributed by atoms with Crippen molar-refractivity contribution in [1.29, 1.82) is 0 Å². The standard InChI is InChI=1S/C25H36ClN5O2/c1-3-21(26)23(33-2)8-5-9-24(32)30-12-10-19-18-27-25(28-22(19)11-13-30)31-16-14-29(15-17-31)20-6-4-7-20/h5,8,18,20H,3-4,6-7,9-17H2,1-2H3/b8-5-,23-21-. The highest BCUT2D eigenvalue weighted by molar-refractivity contribution is 6.29. The van der Waals surface area contributed by atoms with E-state index in [-0.39, 0.29) is 5.91 Å². The number of rotatable bonds is 7. The van der Waals surface area contributed by atoms with Crippen LogP contribution in [0.2, 0.25) is 0 Å². The number of piperazine rings is 1. The maximum Gasteiger partial charge on any atom is 0.226 e. The van der Waals surface area contributed by atoms with Crippen LogP contribution in [-0.2, 0) is 22.4 Å². The molecule has 1 aromatic heterocycles. The molecule has 1 saturated heterocycles. The third-order valence-electron chi connectivity index (χ3n) is 7.11. The lowest BCUT2D eigenvalue weighted by molar-refractivity contribution is -0.130. The summed E-state index contributed by atoms with van der Waals surface area (Å²) in [5.74, 6) is 1.57. The molecule has 0 aromatic carbocycles. The SMILES string of the molecule is CC/C(Cl)=C(\C=C/CC(=O)N1CCc2cnc(N3CCN(C4CCC4)CC3)nc2CC1)OC. The molecule has 1 aliphatic carbocycles. The molecule has 0 atom stereocenters. The summed E-state index contributed by atoms with van der Waals surface area (Å²) in [6, 6.07) is 0.805. The van der Waals surface area contributed by atoms with E-state index in [9.17, 15) is 4.79 Å². The molecule has 2 fully saturated rings. The molecule has 0 unspecified atom stereocenters. The Hall–Kier alpha value is -2.12. The molecule has 180 valence electrons. The zero-order chi connectivity index (χ0) is 23.2. The van der Waals surface area contributed by atoms with Crippen LogP contribution in [0.1, 0.15) is 50.3 Å². The Morgan fingerprint density at radius 1 is 1.18 bits per heavy atom. The van der Waals surface area contributed by atoms with E-state index in [0.717, 1.165) is 62.3 Å². The zero-order valence-corrected chi connectivity index (χ0v) is 20.7. The molecule has 0 bridgehead atoms. The first kappa shape index (κ1) is 24.0. The third-order valence-corrected chi connectivity index (χ3v) is 7.56. The van der Waals surface area contributed by atoms with E-state index in [4.69, 9.17) is 21.3 Å². The van der Waals surface area contributed by atoms with Gasteiger partial charge in [-0.3, -0.25) is 9.69 Å². The van der Waals surface area contributed by atoms with Gasteiger partial charge in [-0.2, -0.15) is 0 Å². The van der Waals surface area contributed by atoms with Gasteiger partial charge in [-0.1, -0.05) is 31.0 Å².